The first-order chi connectivity index (χ1) is 7.83. The summed E-state index contributed by atoms with van der Waals surface area (Å²) in [6.45, 7) is 6.03. The lowest BCUT2D eigenvalue weighted by atomic mass is 9.89. The number of methoxy groups -OCH3 is 1. The first-order valence-corrected chi connectivity index (χ1v) is 6.64. The van der Waals surface area contributed by atoms with Gasteiger partial charge < -0.3 is 14.8 Å². The molecule has 0 heterocycles. The van der Waals surface area contributed by atoms with Gasteiger partial charge in [-0.3, -0.25) is 0 Å². The maximum atomic E-state index is 5.84. The van der Waals surface area contributed by atoms with Crippen LogP contribution in [0.4, 0.5) is 0 Å². The summed E-state index contributed by atoms with van der Waals surface area (Å²) in [5.41, 5.74) is 0. The molecule has 1 rings (SSSR count). The van der Waals surface area contributed by atoms with Crippen LogP contribution in [0.25, 0.3) is 0 Å². The highest BCUT2D eigenvalue weighted by Gasteiger charge is 2.17. The summed E-state index contributed by atoms with van der Waals surface area (Å²) in [6, 6.07) is 0. The fraction of sp³-hybridized carbons (Fsp3) is 1.00. The van der Waals surface area contributed by atoms with Crippen LogP contribution in [0.5, 0.6) is 0 Å². The second-order valence-corrected chi connectivity index (χ2v) is 4.85. The minimum atomic E-state index is 0.525. The molecule has 0 aliphatic heterocycles. The molecule has 0 aromatic heterocycles. The first kappa shape index (κ1) is 13.9. The molecule has 0 atom stereocenters. The number of hydrogen-bond donors (Lipinski definition) is 1. The van der Waals surface area contributed by atoms with E-state index < -0.39 is 0 Å². The van der Waals surface area contributed by atoms with Crippen molar-refractivity contribution in [3.05, 3.63) is 0 Å². The molecule has 0 aromatic carbocycles. The number of rotatable bonds is 8. The van der Waals surface area contributed by atoms with Crippen LogP contribution in [0.1, 0.15) is 39.0 Å². The molecule has 0 aromatic rings. The van der Waals surface area contributed by atoms with Crippen molar-refractivity contribution in [2.75, 3.05) is 33.4 Å². The van der Waals surface area contributed by atoms with Gasteiger partial charge in [0.05, 0.1) is 12.7 Å². The zero-order valence-corrected chi connectivity index (χ0v) is 10.8. The van der Waals surface area contributed by atoms with Gasteiger partial charge in [-0.25, -0.2) is 0 Å². The van der Waals surface area contributed by atoms with E-state index in [2.05, 4.69) is 12.2 Å². The van der Waals surface area contributed by atoms with Crippen molar-refractivity contribution in [1.82, 2.24) is 5.32 Å². The van der Waals surface area contributed by atoms with E-state index in [1.807, 2.05) is 0 Å². The molecule has 1 aliphatic rings. The van der Waals surface area contributed by atoms with Crippen molar-refractivity contribution in [3.63, 3.8) is 0 Å². The maximum Gasteiger partial charge on any atom is 0.0594 e. The van der Waals surface area contributed by atoms with Crippen LogP contribution >= 0.6 is 0 Å². The highest BCUT2D eigenvalue weighted by Crippen LogP contribution is 2.25. The van der Waals surface area contributed by atoms with Crippen LogP contribution in [0.3, 0.4) is 0 Å². The van der Waals surface area contributed by atoms with Gasteiger partial charge in [-0.1, -0.05) is 6.92 Å². The Morgan fingerprint density at radius 2 is 1.81 bits per heavy atom. The molecule has 0 unspecified atom stereocenters. The Morgan fingerprint density at radius 1 is 1.06 bits per heavy atom. The Hall–Kier alpha value is -0.120. The monoisotopic (exact) mass is 229 g/mol. The summed E-state index contributed by atoms with van der Waals surface area (Å²) in [4.78, 5) is 0. The number of hydrogen-bond acceptors (Lipinski definition) is 3. The topological polar surface area (TPSA) is 30.5 Å². The van der Waals surface area contributed by atoms with Gasteiger partial charge in [-0.05, 0) is 44.6 Å². The van der Waals surface area contributed by atoms with Gasteiger partial charge in [0.2, 0.25) is 0 Å². The van der Waals surface area contributed by atoms with E-state index in [-0.39, 0.29) is 0 Å². The molecule has 16 heavy (non-hydrogen) atoms. The van der Waals surface area contributed by atoms with E-state index in [0.29, 0.717) is 6.10 Å². The lowest BCUT2D eigenvalue weighted by Gasteiger charge is -2.26. The second kappa shape index (κ2) is 8.97. The van der Waals surface area contributed by atoms with E-state index in [4.69, 9.17) is 9.47 Å². The molecule has 1 N–H and O–H groups in total. The van der Waals surface area contributed by atoms with Gasteiger partial charge in [0.1, 0.15) is 0 Å². The molecule has 0 radical (unpaired) electrons. The molecule has 0 saturated heterocycles. The molecule has 0 spiro atoms. The summed E-state index contributed by atoms with van der Waals surface area (Å²) in [5, 5.41) is 3.36. The van der Waals surface area contributed by atoms with Crippen LogP contribution in [0.15, 0.2) is 0 Å². The third-order valence-corrected chi connectivity index (χ3v) is 3.30. The summed E-state index contributed by atoms with van der Waals surface area (Å²) >= 11 is 0. The van der Waals surface area contributed by atoms with Crippen molar-refractivity contribution < 1.29 is 9.47 Å². The molecule has 3 nitrogen and oxygen atoms in total. The quantitative estimate of drug-likeness (QED) is 0.647. The molecule has 0 bridgehead atoms. The van der Waals surface area contributed by atoms with E-state index in [9.17, 15) is 0 Å². The van der Waals surface area contributed by atoms with Crippen LogP contribution in [-0.4, -0.2) is 39.5 Å². The molecular formula is C13H27NO2. The Morgan fingerprint density at radius 3 is 2.50 bits per heavy atom. The minimum absolute atomic E-state index is 0.525. The highest BCUT2D eigenvalue weighted by atomic mass is 16.5. The van der Waals surface area contributed by atoms with E-state index in [0.717, 1.165) is 38.6 Å². The van der Waals surface area contributed by atoms with Gasteiger partial charge in [-0.2, -0.15) is 0 Å². The molecule has 1 saturated carbocycles. The van der Waals surface area contributed by atoms with Crippen molar-refractivity contribution in [2.24, 2.45) is 5.92 Å². The Kier molecular flexibility index (Phi) is 7.81. The molecule has 1 aliphatic carbocycles. The lowest BCUT2D eigenvalue weighted by Crippen LogP contribution is -2.26. The summed E-state index contributed by atoms with van der Waals surface area (Å²) < 4.78 is 10.8. The van der Waals surface area contributed by atoms with E-state index >= 15 is 0 Å². The van der Waals surface area contributed by atoms with Gasteiger partial charge in [0, 0.05) is 20.3 Å². The molecular weight excluding hydrogens is 202 g/mol. The summed E-state index contributed by atoms with van der Waals surface area (Å²) in [7, 11) is 1.74. The third kappa shape index (κ3) is 6.46. The van der Waals surface area contributed by atoms with E-state index in [1.54, 1.807) is 7.11 Å². The molecule has 3 heteroatoms. The molecule has 0 amide bonds. The lowest BCUT2D eigenvalue weighted by molar-refractivity contribution is 0.0215. The average Bonchev–Trinajstić information content (AvgIpc) is 2.30. The highest BCUT2D eigenvalue weighted by molar-refractivity contribution is 4.69. The van der Waals surface area contributed by atoms with Crippen LogP contribution in [0, 0.1) is 5.92 Å². The van der Waals surface area contributed by atoms with Gasteiger partial charge in [-0.15, -0.1) is 0 Å². The van der Waals surface area contributed by atoms with Crippen molar-refractivity contribution in [1.29, 1.82) is 0 Å². The van der Waals surface area contributed by atoms with Crippen molar-refractivity contribution in [3.8, 4) is 0 Å². The fourth-order valence-corrected chi connectivity index (χ4v) is 2.16. The molecule has 96 valence electrons. The smallest absolute Gasteiger partial charge is 0.0594 e. The second-order valence-electron chi connectivity index (χ2n) is 4.85. The summed E-state index contributed by atoms with van der Waals surface area (Å²) in [6.07, 6.45) is 6.79. The predicted molar refractivity (Wildman–Crippen MR) is 66.7 cm³/mol. The standard InChI is InChI=1S/C13H27NO2/c1-12-4-6-13(7-5-12)16-11-9-14-8-3-10-15-2/h12-14H,3-11H2,1-2H3. The third-order valence-electron chi connectivity index (χ3n) is 3.30. The normalized spacial score (nSPS) is 25.9. The number of nitrogens with one attached hydrogen (secondary N) is 1. The van der Waals surface area contributed by atoms with Gasteiger partial charge in [0.15, 0.2) is 0 Å². The zero-order chi connectivity index (χ0) is 11.6. The maximum absolute atomic E-state index is 5.84. The number of ether oxygens (including phenoxy) is 2. The van der Waals surface area contributed by atoms with Crippen LogP contribution in [-0.2, 0) is 9.47 Å². The zero-order valence-electron chi connectivity index (χ0n) is 10.8. The minimum Gasteiger partial charge on any atom is -0.385 e. The van der Waals surface area contributed by atoms with Gasteiger partial charge in [0.25, 0.3) is 0 Å². The SMILES string of the molecule is COCCCNCCOC1CCC(C)CC1. The van der Waals surface area contributed by atoms with E-state index in [1.165, 1.54) is 25.7 Å². The van der Waals surface area contributed by atoms with Crippen molar-refractivity contribution >= 4 is 0 Å². The Balaban J connectivity index is 1.84. The van der Waals surface area contributed by atoms with Gasteiger partial charge >= 0.3 is 0 Å². The first-order valence-electron chi connectivity index (χ1n) is 6.64. The largest absolute Gasteiger partial charge is 0.385 e. The fourth-order valence-electron chi connectivity index (χ4n) is 2.16. The summed E-state index contributed by atoms with van der Waals surface area (Å²) in [5.74, 6) is 0.909. The predicted octanol–water partition coefficient (Wildman–Crippen LogP) is 2.21. The van der Waals surface area contributed by atoms with Crippen LogP contribution < -0.4 is 5.32 Å². The Bertz CT molecular complexity index is 156. The van der Waals surface area contributed by atoms with Crippen LogP contribution in [0.2, 0.25) is 0 Å². The Labute approximate surface area is 99.9 Å². The average molecular weight is 229 g/mol. The molecule has 1 fully saturated rings. The van der Waals surface area contributed by atoms with Crippen molar-refractivity contribution in [2.45, 2.75) is 45.1 Å².